The lowest BCUT2D eigenvalue weighted by Crippen LogP contribution is -2.36. The van der Waals surface area contributed by atoms with Crippen molar-refractivity contribution in [1.29, 1.82) is 0 Å². The molecule has 3 nitrogen and oxygen atoms in total. The van der Waals surface area contributed by atoms with E-state index in [1.54, 1.807) is 12.1 Å². The van der Waals surface area contributed by atoms with Crippen molar-refractivity contribution in [3.8, 4) is 0 Å². The number of halogens is 1. The van der Waals surface area contributed by atoms with E-state index in [1.807, 2.05) is 0 Å². The average molecular weight is 237 g/mol. The van der Waals surface area contributed by atoms with Gasteiger partial charge in [0.25, 0.3) is 0 Å². The third kappa shape index (κ3) is 3.09. The molecule has 2 rings (SSSR count). The summed E-state index contributed by atoms with van der Waals surface area (Å²) in [6.07, 6.45) is 2.58. The van der Waals surface area contributed by atoms with Gasteiger partial charge < -0.3 is 11.1 Å². The van der Waals surface area contributed by atoms with Crippen molar-refractivity contribution in [2.75, 3.05) is 24.6 Å². The first-order valence-electron chi connectivity index (χ1n) is 6.08. The Bertz CT molecular complexity index is 390. The zero-order valence-corrected chi connectivity index (χ0v) is 10.4. The van der Waals surface area contributed by atoms with Crippen LogP contribution in [0.4, 0.5) is 15.8 Å². The quantitative estimate of drug-likeness (QED) is 0.772. The fourth-order valence-electron chi connectivity index (χ4n) is 1.92. The molecule has 0 aromatic heterocycles. The molecular weight excluding hydrogens is 217 g/mol. The van der Waals surface area contributed by atoms with E-state index in [0.717, 1.165) is 12.6 Å². The average Bonchev–Trinajstić information content (AvgIpc) is 3.10. The second-order valence-electron chi connectivity index (χ2n) is 4.87. The first-order valence-corrected chi connectivity index (χ1v) is 6.08. The van der Waals surface area contributed by atoms with Crippen LogP contribution >= 0.6 is 0 Å². The van der Waals surface area contributed by atoms with Crippen LogP contribution in [0.5, 0.6) is 0 Å². The minimum atomic E-state index is -0.286. The van der Waals surface area contributed by atoms with E-state index in [-0.39, 0.29) is 5.82 Å². The summed E-state index contributed by atoms with van der Waals surface area (Å²) in [4.78, 5) is 2.35. The van der Waals surface area contributed by atoms with E-state index in [4.69, 9.17) is 5.73 Å². The lowest BCUT2D eigenvalue weighted by atomic mass is 10.2. The number of anilines is 2. The number of nitrogens with two attached hydrogens (primary N) is 1. The Hall–Kier alpha value is -1.29. The zero-order chi connectivity index (χ0) is 12.4. The molecule has 4 heteroatoms. The molecule has 1 aromatic rings. The van der Waals surface area contributed by atoms with Crippen molar-refractivity contribution in [2.24, 2.45) is 0 Å². The van der Waals surface area contributed by atoms with Crippen molar-refractivity contribution >= 4 is 11.4 Å². The summed E-state index contributed by atoms with van der Waals surface area (Å²) in [6.45, 7) is 2.90. The maximum absolute atomic E-state index is 13.5. The Balaban J connectivity index is 1.88. The number of nitrogens with zero attached hydrogens (tertiary/aromatic N) is 1. The van der Waals surface area contributed by atoms with Crippen molar-refractivity contribution in [1.82, 2.24) is 4.90 Å². The molecule has 3 N–H and O–H groups in total. The molecule has 1 aromatic carbocycles. The SMILES string of the molecule is CC(CNc1ccc(N)cc1F)N(C)C1CC1. The number of hydrogen-bond acceptors (Lipinski definition) is 3. The number of benzene rings is 1. The monoisotopic (exact) mass is 237 g/mol. The topological polar surface area (TPSA) is 41.3 Å². The Morgan fingerprint density at radius 2 is 2.24 bits per heavy atom. The maximum Gasteiger partial charge on any atom is 0.148 e. The summed E-state index contributed by atoms with van der Waals surface area (Å²) in [7, 11) is 2.13. The van der Waals surface area contributed by atoms with Crippen molar-refractivity contribution in [3.05, 3.63) is 24.0 Å². The molecule has 0 bridgehead atoms. The summed E-state index contributed by atoms with van der Waals surface area (Å²) in [6, 6.07) is 5.87. The predicted octanol–water partition coefficient (Wildman–Crippen LogP) is 2.30. The Labute approximate surface area is 102 Å². The molecule has 1 atom stereocenters. The summed E-state index contributed by atoms with van der Waals surface area (Å²) in [5, 5.41) is 3.13. The van der Waals surface area contributed by atoms with E-state index < -0.39 is 0 Å². The molecular formula is C13H20FN3. The highest BCUT2D eigenvalue weighted by Crippen LogP contribution is 2.27. The minimum absolute atomic E-state index is 0.286. The molecule has 1 unspecified atom stereocenters. The Morgan fingerprint density at radius 1 is 1.53 bits per heavy atom. The predicted molar refractivity (Wildman–Crippen MR) is 69.5 cm³/mol. The fraction of sp³-hybridized carbons (Fsp3) is 0.538. The molecule has 0 amide bonds. The molecule has 1 fully saturated rings. The summed E-state index contributed by atoms with van der Waals surface area (Å²) in [5.74, 6) is -0.286. The number of nitrogen functional groups attached to an aromatic ring is 1. The smallest absolute Gasteiger partial charge is 0.148 e. The highest BCUT2D eigenvalue weighted by Gasteiger charge is 2.28. The summed E-state index contributed by atoms with van der Waals surface area (Å²) >= 11 is 0. The first-order chi connectivity index (χ1) is 8.08. The van der Waals surface area contributed by atoms with Crippen LogP contribution in [0, 0.1) is 5.82 Å². The third-order valence-corrected chi connectivity index (χ3v) is 3.40. The molecule has 0 spiro atoms. The van der Waals surface area contributed by atoms with Crippen molar-refractivity contribution in [2.45, 2.75) is 31.8 Å². The van der Waals surface area contributed by atoms with Crippen LogP contribution in [-0.2, 0) is 0 Å². The van der Waals surface area contributed by atoms with Gasteiger partial charge in [0.05, 0.1) is 5.69 Å². The molecule has 17 heavy (non-hydrogen) atoms. The van der Waals surface area contributed by atoms with Crippen LogP contribution in [-0.4, -0.2) is 30.6 Å². The van der Waals surface area contributed by atoms with E-state index >= 15 is 0 Å². The van der Waals surface area contributed by atoms with Gasteiger partial charge in [0.1, 0.15) is 5.82 Å². The highest BCUT2D eigenvalue weighted by molar-refractivity contribution is 5.52. The van der Waals surface area contributed by atoms with Gasteiger partial charge >= 0.3 is 0 Å². The van der Waals surface area contributed by atoms with Gasteiger partial charge in [-0.15, -0.1) is 0 Å². The number of nitrogens with one attached hydrogen (secondary N) is 1. The van der Waals surface area contributed by atoms with E-state index in [2.05, 4.69) is 24.2 Å². The second-order valence-corrected chi connectivity index (χ2v) is 4.87. The molecule has 0 saturated heterocycles. The van der Waals surface area contributed by atoms with E-state index in [0.29, 0.717) is 17.4 Å². The molecule has 1 saturated carbocycles. The molecule has 1 aliphatic carbocycles. The van der Waals surface area contributed by atoms with Crippen LogP contribution in [0.25, 0.3) is 0 Å². The van der Waals surface area contributed by atoms with Crippen LogP contribution in [0.1, 0.15) is 19.8 Å². The van der Waals surface area contributed by atoms with Crippen LogP contribution in [0.3, 0.4) is 0 Å². The summed E-state index contributed by atoms with van der Waals surface area (Å²) in [5.41, 5.74) is 6.48. The largest absolute Gasteiger partial charge is 0.399 e. The standard InChI is InChI=1S/C13H20FN3/c1-9(17(2)11-4-5-11)8-16-13-6-3-10(15)7-12(13)14/h3,6-7,9,11,16H,4-5,8,15H2,1-2H3. The van der Waals surface area contributed by atoms with Gasteiger partial charge in [-0.2, -0.15) is 0 Å². The molecule has 0 heterocycles. The molecule has 0 radical (unpaired) electrons. The molecule has 0 aliphatic heterocycles. The van der Waals surface area contributed by atoms with E-state index in [9.17, 15) is 4.39 Å². The van der Waals surface area contributed by atoms with Gasteiger partial charge in [0.15, 0.2) is 0 Å². The molecule has 1 aliphatic rings. The van der Waals surface area contributed by atoms with Crippen LogP contribution in [0.15, 0.2) is 18.2 Å². The van der Waals surface area contributed by atoms with Gasteiger partial charge in [-0.3, -0.25) is 4.90 Å². The zero-order valence-electron chi connectivity index (χ0n) is 10.4. The Morgan fingerprint density at radius 3 is 2.82 bits per heavy atom. The third-order valence-electron chi connectivity index (χ3n) is 3.40. The van der Waals surface area contributed by atoms with Crippen molar-refractivity contribution in [3.63, 3.8) is 0 Å². The van der Waals surface area contributed by atoms with Gasteiger partial charge in [-0.1, -0.05) is 0 Å². The minimum Gasteiger partial charge on any atom is -0.399 e. The van der Waals surface area contributed by atoms with Gasteiger partial charge in [-0.25, -0.2) is 4.39 Å². The summed E-state index contributed by atoms with van der Waals surface area (Å²) < 4.78 is 13.5. The molecule has 94 valence electrons. The van der Waals surface area contributed by atoms with Crippen LogP contribution in [0.2, 0.25) is 0 Å². The van der Waals surface area contributed by atoms with E-state index in [1.165, 1.54) is 18.9 Å². The lowest BCUT2D eigenvalue weighted by Gasteiger charge is -2.25. The fourth-order valence-corrected chi connectivity index (χ4v) is 1.92. The normalized spacial score (nSPS) is 17.2. The van der Waals surface area contributed by atoms with Gasteiger partial charge in [0.2, 0.25) is 0 Å². The van der Waals surface area contributed by atoms with Crippen LogP contribution < -0.4 is 11.1 Å². The second kappa shape index (κ2) is 4.92. The highest BCUT2D eigenvalue weighted by atomic mass is 19.1. The number of likely N-dealkylation sites (N-methyl/N-ethyl adjacent to an activating group) is 1. The number of rotatable bonds is 5. The van der Waals surface area contributed by atoms with Gasteiger partial charge in [0, 0.05) is 24.3 Å². The maximum atomic E-state index is 13.5. The Kier molecular flexibility index (Phi) is 3.52. The van der Waals surface area contributed by atoms with Crippen molar-refractivity contribution < 1.29 is 4.39 Å². The first kappa shape index (κ1) is 12.2. The lowest BCUT2D eigenvalue weighted by molar-refractivity contribution is 0.257. The number of hydrogen-bond donors (Lipinski definition) is 2. The van der Waals surface area contributed by atoms with Gasteiger partial charge in [-0.05, 0) is 45.0 Å².